The Hall–Kier alpha value is -1.44. The van der Waals surface area contributed by atoms with Crippen LogP contribution in [0, 0.1) is 0 Å². The number of para-hydroxylation sites is 2. The highest BCUT2D eigenvalue weighted by molar-refractivity contribution is 5.71. The van der Waals surface area contributed by atoms with Crippen LogP contribution in [-0.2, 0) is 0 Å². The van der Waals surface area contributed by atoms with Crippen LogP contribution in [-0.4, -0.2) is 12.6 Å². The van der Waals surface area contributed by atoms with Crippen LogP contribution in [0.5, 0.6) is 0 Å². The second-order valence-electron chi connectivity index (χ2n) is 3.93. The van der Waals surface area contributed by atoms with Gasteiger partial charge < -0.3 is 10.6 Å². The first-order valence-electron chi connectivity index (χ1n) is 4.99. The Morgan fingerprint density at radius 2 is 2.14 bits per heavy atom. The third-order valence-corrected chi connectivity index (χ3v) is 2.42. The number of hydrogen-bond acceptors (Lipinski definition) is 2. The van der Waals surface area contributed by atoms with Gasteiger partial charge in [-0.1, -0.05) is 17.7 Å². The Balaban J connectivity index is 2.09. The number of hydrogen-bond donors (Lipinski definition) is 2. The Kier molecular flexibility index (Phi) is 2.44. The van der Waals surface area contributed by atoms with Gasteiger partial charge in [-0.15, -0.1) is 6.58 Å². The maximum atomic E-state index is 3.94. The van der Waals surface area contributed by atoms with Crippen molar-refractivity contribution in [3.05, 3.63) is 36.4 Å². The number of anilines is 2. The van der Waals surface area contributed by atoms with Gasteiger partial charge in [0.15, 0.2) is 0 Å². The second kappa shape index (κ2) is 3.74. The van der Waals surface area contributed by atoms with Gasteiger partial charge in [0.25, 0.3) is 0 Å². The van der Waals surface area contributed by atoms with Gasteiger partial charge in [-0.25, -0.2) is 0 Å². The van der Waals surface area contributed by atoms with Gasteiger partial charge in [0, 0.05) is 12.6 Å². The minimum atomic E-state index is 0.474. The third-order valence-electron chi connectivity index (χ3n) is 2.42. The predicted octanol–water partition coefficient (Wildman–Crippen LogP) is 2.86. The average Bonchev–Trinajstić information content (AvgIpc) is 2.17. The molecule has 0 fully saturated rings. The maximum absolute atomic E-state index is 3.94. The monoisotopic (exact) mass is 188 g/mol. The summed E-state index contributed by atoms with van der Waals surface area (Å²) < 4.78 is 0. The minimum absolute atomic E-state index is 0.474. The normalized spacial score (nSPS) is 19.1. The molecule has 2 N–H and O–H groups in total. The van der Waals surface area contributed by atoms with Crippen molar-refractivity contribution in [1.82, 2.24) is 0 Å². The van der Waals surface area contributed by atoms with Gasteiger partial charge in [0.05, 0.1) is 11.4 Å². The molecule has 0 unspecified atom stereocenters. The summed E-state index contributed by atoms with van der Waals surface area (Å²) in [5, 5.41) is 6.92. The number of rotatable bonds is 2. The largest absolute Gasteiger partial charge is 0.381 e. The lowest BCUT2D eigenvalue weighted by Gasteiger charge is -2.28. The van der Waals surface area contributed by atoms with E-state index in [1.807, 2.05) is 6.07 Å². The molecule has 0 aromatic heterocycles. The van der Waals surface area contributed by atoms with Crippen LogP contribution >= 0.6 is 0 Å². The molecule has 0 radical (unpaired) electrons. The summed E-state index contributed by atoms with van der Waals surface area (Å²) in [6.07, 6.45) is 1.03. The highest BCUT2D eigenvalue weighted by atomic mass is 15.1. The summed E-state index contributed by atoms with van der Waals surface area (Å²) in [7, 11) is 0. The van der Waals surface area contributed by atoms with E-state index in [9.17, 15) is 0 Å². The molecule has 14 heavy (non-hydrogen) atoms. The Morgan fingerprint density at radius 1 is 1.43 bits per heavy atom. The number of benzene rings is 1. The summed E-state index contributed by atoms with van der Waals surface area (Å²) in [5.74, 6) is 0. The molecule has 2 nitrogen and oxygen atoms in total. The van der Waals surface area contributed by atoms with Crippen molar-refractivity contribution in [1.29, 1.82) is 0 Å². The Labute approximate surface area is 85.0 Å². The molecule has 74 valence electrons. The number of nitrogens with one attached hydrogen (secondary N) is 2. The lowest BCUT2D eigenvalue weighted by atomic mass is 10.1. The predicted molar refractivity (Wildman–Crippen MR) is 61.8 cm³/mol. The van der Waals surface area contributed by atoms with E-state index >= 15 is 0 Å². The Morgan fingerprint density at radius 3 is 2.86 bits per heavy atom. The van der Waals surface area contributed by atoms with Crippen molar-refractivity contribution >= 4 is 11.4 Å². The van der Waals surface area contributed by atoms with Gasteiger partial charge in [0.2, 0.25) is 0 Å². The van der Waals surface area contributed by atoms with Crippen LogP contribution < -0.4 is 10.6 Å². The zero-order valence-corrected chi connectivity index (χ0v) is 8.51. The molecule has 0 amide bonds. The van der Waals surface area contributed by atoms with E-state index in [2.05, 4.69) is 42.3 Å². The maximum Gasteiger partial charge on any atom is 0.0578 e. The van der Waals surface area contributed by atoms with Crippen LogP contribution in [0.25, 0.3) is 0 Å². The molecule has 2 heteroatoms. The summed E-state index contributed by atoms with van der Waals surface area (Å²) >= 11 is 0. The van der Waals surface area contributed by atoms with Gasteiger partial charge in [0.1, 0.15) is 0 Å². The van der Waals surface area contributed by atoms with Crippen molar-refractivity contribution < 1.29 is 0 Å². The fraction of sp³-hybridized carbons (Fsp3) is 0.333. The minimum Gasteiger partial charge on any atom is -0.381 e. The lowest BCUT2D eigenvalue weighted by molar-refractivity contribution is 0.730. The highest BCUT2D eigenvalue weighted by Crippen LogP contribution is 2.26. The van der Waals surface area contributed by atoms with E-state index in [1.54, 1.807) is 0 Å². The van der Waals surface area contributed by atoms with E-state index in [4.69, 9.17) is 0 Å². The molecule has 1 aliphatic rings. The highest BCUT2D eigenvalue weighted by Gasteiger charge is 2.15. The summed E-state index contributed by atoms with van der Waals surface area (Å²) in [6.45, 7) is 6.99. The van der Waals surface area contributed by atoms with Gasteiger partial charge in [-0.3, -0.25) is 0 Å². The fourth-order valence-electron chi connectivity index (χ4n) is 1.81. The van der Waals surface area contributed by atoms with Crippen molar-refractivity contribution in [2.45, 2.75) is 19.4 Å². The number of fused-ring (bicyclic) bond motifs is 1. The molecule has 0 spiro atoms. The van der Waals surface area contributed by atoms with Crippen LogP contribution in [0.2, 0.25) is 0 Å². The van der Waals surface area contributed by atoms with Crippen molar-refractivity contribution in [3.8, 4) is 0 Å². The van der Waals surface area contributed by atoms with Crippen LogP contribution in [0.3, 0.4) is 0 Å². The van der Waals surface area contributed by atoms with Crippen molar-refractivity contribution in [2.24, 2.45) is 0 Å². The molecule has 1 aliphatic heterocycles. The van der Waals surface area contributed by atoms with E-state index in [1.165, 1.54) is 16.9 Å². The summed E-state index contributed by atoms with van der Waals surface area (Å²) in [4.78, 5) is 0. The van der Waals surface area contributed by atoms with Gasteiger partial charge in [-0.2, -0.15) is 0 Å². The van der Waals surface area contributed by atoms with E-state index in [-0.39, 0.29) is 0 Å². The first-order chi connectivity index (χ1) is 6.75. The van der Waals surface area contributed by atoms with Gasteiger partial charge in [-0.05, 0) is 25.5 Å². The summed E-state index contributed by atoms with van der Waals surface area (Å²) in [5.41, 5.74) is 3.62. The molecule has 2 rings (SSSR count). The SMILES string of the molecule is C=C(C)C[C@H]1CNc2ccccc2N1. The quantitative estimate of drug-likeness (QED) is 0.697. The lowest BCUT2D eigenvalue weighted by Crippen LogP contribution is -2.32. The zero-order chi connectivity index (χ0) is 9.97. The fourth-order valence-corrected chi connectivity index (χ4v) is 1.81. The third kappa shape index (κ3) is 1.90. The molecule has 0 aliphatic carbocycles. The standard InChI is InChI=1S/C12H16N2/c1-9(2)7-10-8-13-11-5-3-4-6-12(11)14-10/h3-6,10,13-14H,1,7-8H2,2H3/t10-/m0/s1. The molecule has 1 heterocycles. The van der Waals surface area contributed by atoms with E-state index in [0.29, 0.717) is 6.04 Å². The molecule has 1 aromatic rings. The first kappa shape index (κ1) is 9.13. The summed E-state index contributed by atoms with van der Waals surface area (Å²) in [6, 6.07) is 8.78. The van der Waals surface area contributed by atoms with Crippen LogP contribution in [0.15, 0.2) is 36.4 Å². The van der Waals surface area contributed by atoms with Crippen LogP contribution in [0.4, 0.5) is 11.4 Å². The van der Waals surface area contributed by atoms with Gasteiger partial charge >= 0.3 is 0 Å². The first-order valence-corrected chi connectivity index (χ1v) is 4.99. The topological polar surface area (TPSA) is 24.1 Å². The van der Waals surface area contributed by atoms with E-state index in [0.717, 1.165) is 13.0 Å². The van der Waals surface area contributed by atoms with Crippen molar-refractivity contribution in [3.63, 3.8) is 0 Å². The van der Waals surface area contributed by atoms with E-state index < -0.39 is 0 Å². The Bertz CT molecular complexity index is 344. The molecule has 1 aromatic carbocycles. The molecule has 0 saturated heterocycles. The second-order valence-corrected chi connectivity index (χ2v) is 3.93. The van der Waals surface area contributed by atoms with Crippen LogP contribution in [0.1, 0.15) is 13.3 Å². The average molecular weight is 188 g/mol. The molecule has 0 bridgehead atoms. The zero-order valence-electron chi connectivity index (χ0n) is 8.51. The molecule has 0 saturated carbocycles. The van der Waals surface area contributed by atoms with Crippen molar-refractivity contribution in [2.75, 3.05) is 17.2 Å². The molecular weight excluding hydrogens is 172 g/mol. The molecular formula is C12H16N2. The smallest absolute Gasteiger partial charge is 0.0578 e. The molecule has 1 atom stereocenters.